The molecular formula is C19H25ClFN. The van der Waals surface area contributed by atoms with Gasteiger partial charge in [-0.25, -0.2) is 4.39 Å². The van der Waals surface area contributed by atoms with Crippen molar-refractivity contribution in [1.29, 1.82) is 0 Å². The Hall–Kier alpha value is -0.600. The second-order valence-electron chi connectivity index (χ2n) is 7.43. The fourth-order valence-electron chi connectivity index (χ4n) is 5.43. The van der Waals surface area contributed by atoms with E-state index in [1.165, 1.54) is 44.1 Å². The van der Waals surface area contributed by atoms with Crippen LogP contribution < -0.4 is 5.32 Å². The smallest absolute Gasteiger partial charge is 0.123 e. The number of nitrogens with one attached hydrogen (secondary N) is 1. The van der Waals surface area contributed by atoms with Crippen LogP contribution in [-0.4, -0.2) is 11.5 Å². The standard InChI is InChI=1S/C19H25ClFN/c20-19-17-6-4-2-1-3-5-16(17)18(19)15(11-12-22-19)13-7-9-14(21)10-8-13/h7-10,15-18,22H,1-6,11-12H2. The molecule has 1 aliphatic heterocycles. The quantitative estimate of drug-likeness (QED) is 0.563. The van der Waals surface area contributed by atoms with Gasteiger partial charge in [0.1, 0.15) is 10.8 Å². The van der Waals surface area contributed by atoms with E-state index in [4.69, 9.17) is 11.6 Å². The summed E-state index contributed by atoms with van der Waals surface area (Å²) in [4.78, 5) is -0.209. The topological polar surface area (TPSA) is 12.0 Å². The van der Waals surface area contributed by atoms with Gasteiger partial charge in [0.2, 0.25) is 0 Å². The van der Waals surface area contributed by atoms with Gasteiger partial charge >= 0.3 is 0 Å². The first-order valence-corrected chi connectivity index (χ1v) is 9.27. The van der Waals surface area contributed by atoms with Crippen LogP contribution in [0.1, 0.15) is 56.4 Å². The van der Waals surface area contributed by atoms with Crippen LogP contribution >= 0.6 is 11.6 Å². The van der Waals surface area contributed by atoms with Crippen LogP contribution in [0.25, 0.3) is 0 Å². The van der Waals surface area contributed by atoms with Crippen molar-refractivity contribution in [1.82, 2.24) is 5.32 Å². The lowest BCUT2D eigenvalue weighted by atomic mass is 9.50. The largest absolute Gasteiger partial charge is 0.298 e. The lowest BCUT2D eigenvalue weighted by Crippen LogP contribution is -2.70. The normalized spacial score (nSPS) is 41.5. The van der Waals surface area contributed by atoms with Crippen molar-refractivity contribution in [3.05, 3.63) is 35.6 Å². The van der Waals surface area contributed by atoms with E-state index in [-0.39, 0.29) is 10.8 Å². The highest BCUT2D eigenvalue weighted by molar-refractivity contribution is 6.25. The Morgan fingerprint density at radius 1 is 1.00 bits per heavy atom. The molecule has 5 unspecified atom stereocenters. The van der Waals surface area contributed by atoms with E-state index in [1.807, 2.05) is 12.1 Å². The number of fused-ring (bicyclic) bond motifs is 4. The summed E-state index contributed by atoms with van der Waals surface area (Å²) in [6.07, 6.45) is 9.12. The molecule has 1 nitrogen and oxygen atoms in total. The first-order chi connectivity index (χ1) is 10.7. The molecule has 1 aromatic rings. The van der Waals surface area contributed by atoms with Gasteiger partial charge in [-0.2, -0.15) is 0 Å². The van der Waals surface area contributed by atoms with Gasteiger partial charge in [0.25, 0.3) is 0 Å². The fraction of sp³-hybridized carbons (Fsp3) is 0.684. The van der Waals surface area contributed by atoms with Crippen LogP contribution in [0.3, 0.4) is 0 Å². The molecule has 3 aliphatic rings. The first-order valence-electron chi connectivity index (χ1n) is 8.89. The Morgan fingerprint density at radius 2 is 1.73 bits per heavy atom. The lowest BCUT2D eigenvalue weighted by Gasteiger charge is -2.64. The minimum Gasteiger partial charge on any atom is -0.298 e. The zero-order chi connectivity index (χ0) is 15.2. The van der Waals surface area contributed by atoms with Crippen molar-refractivity contribution in [2.75, 3.05) is 6.54 Å². The van der Waals surface area contributed by atoms with E-state index in [9.17, 15) is 4.39 Å². The molecule has 0 aromatic heterocycles. The van der Waals surface area contributed by atoms with Crippen molar-refractivity contribution in [3.8, 4) is 0 Å². The summed E-state index contributed by atoms with van der Waals surface area (Å²) in [6.45, 7) is 0.977. The predicted octanol–water partition coefficient (Wildman–Crippen LogP) is 5.05. The van der Waals surface area contributed by atoms with E-state index >= 15 is 0 Å². The summed E-state index contributed by atoms with van der Waals surface area (Å²) in [5.41, 5.74) is 1.28. The summed E-state index contributed by atoms with van der Waals surface area (Å²) in [5.74, 6) is 2.23. The number of piperidine rings is 1. The third kappa shape index (κ3) is 2.30. The van der Waals surface area contributed by atoms with E-state index in [1.54, 1.807) is 12.1 Å². The molecule has 2 aliphatic carbocycles. The SMILES string of the molecule is Fc1ccc(C2CCNC3(Cl)C4CCCCCCC4C23)cc1. The monoisotopic (exact) mass is 321 g/mol. The highest BCUT2D eigenvalue weighted by Gasteiger charge is 2.63. The number of hydrogen-bond acceptors (Lipinski definition) is 1. The second-order valence-corrected chi connectivity index (χ2v) is 8.05. The molecule has 1 heterocycles. The van der Waals surface area contributed by atoms with Crippen molar-refractivity contribution < 1.29 is 4.39 Å². The minimum atomic E-state index is -0.209. The summed E-state index contributed by atoms with van der Waals surface area (Å²) < 4.78 is 13.2. The molecule has 22 heavy (non-hydrogen) atoms. The third-order valence-corrected chi connectivity index (χ3v) is 7.05. The molecule has 0 spiro atoms. The summed E-state index contributed by atoms with van der Waals surface area (Å²) in [7, 11) is 0. The van der Waals surface area contributed by atoms with E-state index in [2.05, 4.69) is 5.32 Å². The molecule has 0 radical (unpaired) electrons. The zero-order valence-electron chi connectivity index (χ0n) is 13.0. The van der Waals surface area contributed by atoms with Crippen molar-refractivity contribution in [2.24, 2.45) is 17.8 Å². The Kier molecular flexibility index (Phi) is 3.94. The second kappa shape index (κ2) is 5.79. The third-order valence-electron chi connectivity index (χ3n) is 6.39. The Bertz CT molecular complexity index is 531. The van der Waals surface area contributed by atoms with Crippen LogP contribution in [-0.2, 0) is 0 Å². The molecular weight excluding hydrogens is 297 g/mol. The van der Waals surface area contributed by atoms with Crippen LogP contribution in [0.5, 0.6) is 0 Å². The average molecular weight is 322 g/mol. The van der Waals surface area contributed by atoms with E-state index in [0.717, 1.165) is 18.9 Å². The summed E-state index contributed by atoms with van der Waals surface area (Å²) in [6, 6.07) is 7.14. The number of alkyl halides is 1. The Morgan fingerprint density at radius 3 is 2.50 bits per heavy atom. The molecule has 1 saturated heterocycles. The summed E-state index contributed by atoms with van der Waals surface area (Å²) >= 11 is 7.10. The maximum atomic E-state index is 13.2. The number of benzene rings is 1. The van der Waals surface area contributed by atoms with Crippen molar-refractivity contribution in [2.45, 2.75) is 55.9 Å². The molecule has 1 N–H and O–H groups in total. The Labute approximate surface area is 137 Å². The molecule has 4 rings (SSSR count). The van der Waals surface area contributed by atoms with Gasteiger partial charge in [0.05, 0.1) is 0 Å². The predicted molar refractivity (Wildman–Crippen MR) is 88.5 cm³/mol. The molecule has 3 heteroatoms. The van der Waals surface area contributed by atoms with Crippen molar-refractivity contribution >= 4 is 11.6 Å². The van der Waals surface area contributed by atoms with E-state index in [0.29, 0.717) is 17.8 Å². The molecule has 3 fully saturated rings. The molecule has 0 bridgehead atoms. The fourth-order valence-corrected chi connectivity index (χ4v) is 6.11. The van der Waals surface area contributed by atoms with Gasteiger partial charge in [0.15, 0.2) is 0 Å². The number of hydrogen-bond donors (Lipinski definition) is 1. The van der Waals surface area contributed by atoms with Gasteiger partial charge in [-0.1, -0.05) is 37.8 Å². The molecule has 0 amide bonds. The Balaban J connectivity index is 1.63. The highest BCUT2D eigenvalue weighted by Crippen LogP contribution is 2.63. The van der Waals surface area contributed by atoms with Crippen molar-refractivity contribution in [3.63, 3.8) is 0 Å². The van der Waals surface area contributed by atoms with Gasteiger partial charge < -0.3 is 0 Å². The molecule has 1 aromatic carbocycles. The maximum absolute atomic E-state index is 13.2. The van der Waals surface area contributed by atoms with Crippen LogP contribution in [0.15, 0.2) is 24.3 Å². The number of halogens is 2. The van der Waals surface area contributed by atoms with E-state index < -0.39 is 0 Å². The first kappa shape index (κ1) is 15.0. The highest BCUT2D eigenvalue weighted by atomic mass is 35.5. The van der Waals surface area contributed by atoms with Gasteiger partial charge in [-0.05, 0) is 61.3 Å². The maximum Gasteiger partial charge on any atom is 0.123 e. The lowest BCUT2D eigenvalue weighted by molar-refractivity contribution is -0.0705. The molecule has 5 atom stereocenters. The minimum absolute atomic E-state index is 0.146. The van der Waals surface area contributed by atoms with Gasteiger partial charge in [-0.15, -0.1) is 11.6 Å². The van der Waals surface area contributed by atoms with Gasteiger partial charge in [-0.3, -0.25) is 5.32 Å². The molecule has 120 valence electrons. The molecule has 2 saturated carbocycles. The van der Waals surface area contributed by atoms with Crippen LogP contribution in [0.2, 0.25) is 0 Å². The summed E-state index contributed by atoms with van der Waals surface area (Å²) in [5, 5.41) is 3.64. The number of rotatable bonds is 1. The zero-order valence-corrected chi connectivity index (χ0v) is 13.8. The van der Waals surface area contributed by atoms with Gasteiger partial charge in [0, 0.05) is 5.92 Å². The van der Waals surface area contributed by atoms with Crippen LogP contribution in [0.4, 0.5) is 4.39 Å². The average Bonchev–Trinajstić information content (AvgIpc) is 2.48. The van der Waals surface area contributed by atoms with Crippen LogP contribution in [0, 0.1) is 23.6 Å².